The number of nitrogens with one attached hydrogen (secondary N) is 1. The average Bonchev–Trinajstić information content (AvgIpc) is 3.07. The lowest BCUT2D eigenvalue weighted by atomic mass is 10.1. The molecule has 1 aromatic heterocycles. The highest BCUT2D eigenvalue weighted by Crippen LogP contribution is 2.21. The van der Waals surface area contributed by atoms with Gasteiger partial charge in [-0.05, 0) is 42.0 Å². The quantitative estimate of drug-likeness (QED) is 0.525. The first-order valence-electron chi connectivity index (χ1n) is 8.55. The van der Waals surface area contributed by atoms with Crippen LogP contribution in [0.4, 0.5) is 4.39 Å². The smallest absolute Gasteiger partial charge is 0.130 e. The van der Waals surface area contributed by atoms with Crippen molar-refractivity contribution >= 4 is 28.3 Å². The molecule has 0 radical (unpaired) electrons. The minimum absolute atomic E-state index is 0. The first kappa shape index (κ1) is 22.4. The van der Waals surface area contributed by atoms with Gasteiger partial charge in [0.1, 0.15) is 30.1 Å². The normalized spacial score (nSPS) is 12.9. The highest BCUT2D eigenvalue weighted by molar-refractivity contribution is 9.10. The van der Waals surface area contributed by atoms with E-state index in [0.717, 1.165) is 15.9 Å². The van der Waals surface area contributed by atoms with Crippen LogP contribution in [0.25, 0.3) is 0 Å². The van der Waals surface area contributed by atoms with E-state index in [1.54, 1.807) is 12.3 Å². The van der Waals surface area contributed by atoms with E-state index in [1.807, 2.05) is 48.1 Å². The lowest BCUT2D eigenvalue weighted by molar-refractivity contribution is 0.104. The molecular weight excluding hydrogens is 449 g/mol. The van der Waals surface area contributed by atoms with Crippen LogP contribution in [0.1, 0.15) is 17.4 Å². The Kier molecular flexibility index (Phi) is 8.44. The van der Waals surface area contributed by atoms with Gasteiger partial charge in [0.2, 0.25) is 0 Å². The summed E-state index contributed by atoms with van der Waals surface area (Å²) in [6.45, 7) is 0.412. The minimum Gasteiger partial charge on any atom is -0.491 e. The second-order valence-electron chi connectivity index (χ2n) is 6.21. The van der Waals surface area contributed by atoms with E-state index in [-0.39, 0.29) is 37.4 Å². The van der Waals surface area contributed by atoms with Crippen LogP contribution in [0.3, 0.4) is 0 Å². The number of aliphatic hydroxyl groups excluding tert-OH is 1. The Hall–Kier alpha value is -1.93. The highest BCUT2D eigenvalue weighted by Gasteiger charge is 2.20. The topological polar surface area (TPSA) is 59.3 Å². The Bertz CT molecular complexity index is 876. The molecule has 2 aromatic carbocycles. The molecule has 0 aliphatic carbocycles. The van der Waals surface area contributed by atoms with Gasteiger partial charge in [0.25, 0.3) is 0 Å². The van der Waals surface area contributed by atoms with Gasteiger partial charge < -0.3 is 19.7 Å². The number of imidazole rings is 1. The predicted molar refractivity (Wildman–Crippen MR) is 112 cm³/mol. The zero-order valence-corrected chi connectivity index (χ0v) is 17.7. The number of hydrogen-bond acceptors (Lipinski definition) is 4. The van der Waals surface area contributed by atoms with Gasteiger partial charge >= 0.3 is 0 Å². The van der Waals surface area contributed by atoms with Crippen LogP contribution < -0.4 is 10.1 Å². The number of aryl methyl sites for hydroxylation is 1. The number of aromatic nitrogens is 2. The molecule has 2 N–H and O–H groups in total. The van der Waals surface area contributed by atoms with Gasteiger partial charge in [-0.25, -0.2) is 9.37 Å². The maximum absolute atomic E-state index is 13.7. The second-order valence-corrected chi connectivity index (χ2v) is 7.13. The fourth-order valence-electron chi connectivity index (χ4n) is 2.74. The van der Waals surface area contributed by atoms with Crippen molar-refractivity contribution in [3.05, 3.63) is 82.6 Å². The number of aliphatic hydroxyl groups is 1. The van der Waals surface area contributed by atoms with Crippen LogP contribution in [-0.4, -0.2) is 33.9 Å². The Morgan fingerprint density at radius 2 is 2.00 bits per heavy atom. The van der Waals surface area contributed by atoms with Crippen molar-refractivity contribution in [3.63, 3.8) is 0 Å². The summed E-state index contributed by atoms with van der Waals surface area (Å²) in [5, 5.41) is 13.5. The molecular formula is C20H22BrClFN3O2. The Labute approximate surface area is 178 Å². The summed E-state index contributed by atoms with van der Waals surface area (Å²) in [4.78, 5) is 4.36. The zero-order valence-electron chi connectivity index (χ0n) is 15.3. The van der Waals surface area contributed by atoms with E-state index in [1.165, 1.54) is 12.1 Å². The summed E-state index contributed by atoms with van der Waals surface area (Å²) in [5.74, 6) is 1.11. The molecule has 3 aromatic rings. The summed E-state index contributed by atoms with van der Waals surface area (Å²) >= 11 is 3.37. The number of benzene rings is 2. The molecule has 5 nitrogen and oxygen atoms in total. The molecule has 0 saturated heterocycles. The SMILES string of the molecule is Cl.Cn1ccnc1C(NCC(O)COc1ccc(Br)cc1)c1cccc(F)c1. The summed E-state index contributed by atoms with van der Waals surface area (Å²) < 4.78 is 22.1. The first-order valence-corrected chi connectivity index (χ1v) is 9.34. The maximum Gasteiger partial charge on any atom is 0.130 e. The van der Waals surface area contributed by atoms with Crippen molar-refractivity contribution in [2.75, 3.05) is 13.2 Å². The molecule has 1 heterocycles. The number of rotatable bonds is 8. The standard InChI is InChI=1S/C20H21BrFN3O2.ClH/c1-25-10-9-23-20(25)19(14-3-2-4-16(22)11-14)24-12-17(26)13-27-18-7-5-15(21)6-8-18;/h2-11,17,19,24,26H,12-13H2,1H3;1H. The van der Waals surface area contributed by atoms with E-state index in [4.69, 9.17) is 4.74 Å². The fourth-order valence-corrected chi connectivity index (χ4v) is 3.00. The van der Waals surface area contributed by atoms with Crippen LogP contribution >= 0.6 is 28.3 Å². The molecule has 2 unspecified atom stereocenters. The summed E-state index contributed by atoms with van der Waals surface area (Å²) in [6.07, 6.45) is 2.79. The number of ether oxygens (including phenoxy) is 1. The van der Waals surface area contributed by atoms with E-state index >= 15 is 0 Å². The monoisotopic (exact) mass is 469 g/mol. The molecule has 2 atom stereocenters. The third-order valence-corrected chi connectivity index (χ3v) is 4.64. The molecule has 150 valence electrons. The largest absolute Gasteiger partial charge is 0.491 e. The molecule has 0 bridgehead atoms. The third kappa shape index (κ3) is 6.04. The summed E-state index contributed by atoms with van der Waals surface area (Å²) in [5.41, 5.74) is 0.741. The van der Waals surface area contributed by atoms with Gasteiger partial charge in [0, 0.05) is 30.5 Å². The first-order chi connectivity index (χ1) is 13.0. The lowest BCUT2D eigenvalue weighted by Gasteiger charge is -2.21. The van der Waals surface area contributed by atoms with Crippen molar-refractivity contribution in [1.29, 1.82) is 0 Å². The summed E-state index contributed by atoms with van der Waals surface area (Å²) in [7, 11) is 1.88. The number of halogens is 3. The molecule has 8 heteroatoms. The van der Waals surface area contributed by atoms with Gasteiger partial charge in [-0.15, -0.1) is 12.4 Å². The van der Waals surface area contributed by atoms with Crippen LogP contribution in [0.2, 0.25) is 0 Å². The average molecular weight is 471 g/mol. The van der Waals surface area contributed by atoms with Crippen LogP contribution in [0.5, 0.6) is 5.75 Å². The van der Waals surface area contributed by atoms with Gasteiger partial charge in [-0.2, -0.15) is 0 Å². The van der Waals surface area contributed by atoms with Gasteiger partial charge in [0.05, 0.1) is 6.04 Å². The van der Waals surface area contributed by atoms with Gasteiger partial charge in [-0.1, -0.05) is 28.1 Å². The maximum atomic E-state index is 13.7. The van der Waals surface area contributed by atoms with Crippen LogP contribution in [0.15, 0.2) is 65.4 Å². The molecule has 3 rings (SSSR count). The van der Waals surface area contributed by atoms with Crippen LogP contribution in [-0.2, 0) is 7.05 Å². The van der Waals surface area contributed by atoms with E-state index in [9.17, 15) is 9.50 Å². The minimum atomic E-state index is -0.732. The molecule has 0 amide bonds. The molecule has 0 fully saturated rings. The van der Waals surface area contributed by atoms with Crippen molar-refractivity contribution in [1.82, 2.24) is 14.9 Å². The zero-order chi connectivity index (χ0) is 19.2. The molecule has 0 aliphatic rings. The van der Waals surface area contributed by atoms with E-state index < -0.39 is 6.10 Å². The lowest BCUT2D eigenvalue weighted by Crippen LogP contribution is -2.35. The molecule has 0 spiro atoms. The van der Waals surface area contributed by atoms with Crippen molar-refractivity contribution < 1.29 is 14.2 Å². The van der Waals surface area contributed by atoms with Crippen LogP contribution in [0, 0.1) is 5.82 Å². The van der Waals surface area contributed by atoms with Gasteiger partial charge in [0.15, 0.2) is 0 Å². The van der Waals surface area contributed by atoms with Crippen molar-refractivity contribution in [2.45, 2.75) is 12.1 Å². The highest BCUT2D eigenvalue weighted by atomic mass is 79.9. The third-order valence-electron chi connectivity index (χ3n) is 4.11. The van der Waals surface area contributed by atoms with E-state index in [0.29, 0.717) is 5.75 Å². The number of hydrogen-bond donors (Lipinski definition) is 2. The Morgan fingerprint density at radius 3 is 2.64 bits per heavy atom. The van der Waals surface area contributed by atoms with Crippen molar-refractivity contribution in [3.8, 4) is 5.75 Å². The number of nitrogens with zero attached hydrogens (tertiary/aromatic N) is 2. The molecule has 0 saturated carbocycles. The Morgan fingerprint density at radius 1 is 1.25 bits per heavy atom. The molecule has 28 heavy (non-hydrogen) atoms. The predicted octanol–water partition coefficient (Wildman–Crippen LogP) is 3.86. The second kappa shape index (κ2) is 10.6. The molecule has 0 aliphatic heterocycles. The van der Waals surface area contributed by atoms with E-state index in [2.05, 4.69) is 26.2 Å². The van der Waals surface area contributed by atoms with Gasteiger partial charge in [-0.3, -0.25) is 0 Å². The fraction of sp³-hybridized carbons (Fsp3) is 0.250. The van der Waals surface area contributed by atoms with Crippen molar-refractivity contribution in [2.24, 2.45) is 7.05 Å². The Balaban J connectivity index is 0.00000280. The summed E-state index contributed by atoms with van der Waals surface area (Å²) in [6, 6.07) is 13.4.